The van der Waals surface area contributed by atoms with Crippen LogP contribution >= 0.6 is 0 Å². The van der Waals surface area contributed by atoms with Gasteiger partial charge in [0.05, 0.1) is 18.9 Å². The van der Waals surface area contributed by atoms with Gasteiger partial charge in [-0.25, -0.2) is 9.97 Å². The Morgan fingerprint density at radius 2 is 2.14 bits per heavy atom. The van der Waals surface area contributed by atoms with Crippen molar-refractivity contribution in [3.05, 3.63) is 17.1 Å². The number of anilines is 1. The van der Waals surface area contributed by atoms with Gasteiger partial charge in [-0.3, -0.25) is 0 Å². The highest BCUT2D eigenvalue weighted by Gasteiger charge is 2.28. The van der Waals surface area contributed by atoms with Gasteiger partial charge in [0, 0.05) is 17.9 Å². The summed E-state index contributed by atoms with van der Waals surface area (Å²) in [6.45, 7) is 1.33. The van der Waals surface area contributed by atoms with Crippen molar-refractivity contribution >= 4 is 5.82 Å². The van der Waals surface area contributed by atoms with Gasteiger partial charge in [-0.1, -0.05) is 0 Å². The molecule has 14 heavy (non-hydrogen) atoms. The SMILES string of the molecule is Nc1nc(C2CC2)nc2c1COCC2. The molecule has 1 aromatic rings. The van der Waals surface area contributed by atoms with Crippen molar-refractivity contribution in [3.63, 3.8) is 0 Å². The molecule has 4 heteroatoms. The molecule has 1 saturated carbocycles. The number of fused-ring (bicyclic) bond motifs is 1. The Bertz CT molecular complexity index is 374. The Balaban J connectivity index is 2.06. The third-order valence-electron chi connectivity index (χ3n) is 2.81. The number of nitrogens with zero attached hydrogens (tertiary/aromatic N) is 2. The van der Waals surface area contributed by atoms with Crippen molar-refractivity contribution < 1.29 is 4.74 Å². The third kappa shape index (κ3) is 1.26. The first-order valence-corrected chi connectivity index (χ1v) is 5.07. The molecule has 0 saturated heterocycles. The van der Waals surface area contributed by atoms with Crippen LogP contribution in [0.25, 0.3) is 0 Å². The summed E-state index contributed by atoms with van der Waals surface area (Å²) in [4.78, 5) is 8.90. The summed E-state index contributed by atoms with van der Waals surface area (Å²) in [5.41, 5.74) is 7.98. The fourth-order valence-electron chi connectivity index (χ4n) is 1.80. The van der Waals surface area contributed by atoms with Crippen LogP contribution in [-0.2, 0) is 17.8 Å². The fraction of sp³-hybridized carbons (Fsp3) is 0.600. The van der Waals surface area contributed by atoms with Crippen molar-refractivity contribution in [2.75, 3.05) is 12.3 Å². The maximum atomic E-state index is 5.88. The van der Waals surface area contributed by atoms with Gasteiger partial charge in [0.25, 0.3) is 0 Å². The third-order valence-corrected chi connectivity index (χ3v) is 2.81. The first kappa shape index (κ1) is 8.17. The molecule has 0 spiro atoms. The van der Waals surface area contributed by atoms with Crippen molar-refractivity contribution in [2.24, 2.45) is 0 Å². The van der Waals surface area contributed by atoms with Crippen molar-refractivity contribution in [1.29, 1.82) is 0 Å². The Morgan fingerprint density at radius 1 is 1.29 bits per heavy atom. The number of ether oxygens (including phenoxy) is 1. The molecule has 0 amide bonds. The predicted octanol–water partition coefficient (Wildman–Crippen LogP) is 1.01. The van der Waals surface area contributed by atoms with Crippen LogP contribution in [0.3, 0.4) is 0 Å². The van der Waals surface area contributed by atoms with Gasteiger partial charge in [0.1, 0.15) is 11.6 Å². The van der Waals surface area contributed by atoms with E-state index in [1.54, 1.807) is 0 Å². The molecule has 74 valence electrons. The minimum Gasteiger partial charge on any atom is -0.383 e. The maximum absolute atomic E-state index is 5.88. The van der Waals surface area contributed by atoms with E-state index >= 15 is 0 Å². The van der Waals surface area contributed by atoms with E-state index in [9.17, 15) is 0 Å². The van der Waals surface area contributed by atoms with Crippen LogP contribution in [0.2, 0.25) is 0 Å². The number of rotatable bonds is 1. The predicted molar refractivity (Wildman–Crippen MR) is 51.8 cm³/mol. The second kappa shape index (κ2) is 2.92. The molecule has 2 aliphatic rings. The molecule has 2 N–H and O–H groups in total. The van der Waals surface area contributed by atoms with Gasteiger partial charge in [-0.15, -0.1) is 0 Å². The number of nitrogens with two attached hydrogens (primary N) is 1. The van der Waals surface area contributed by atoms with E-state index in [4.69, 9.17) is 10.5 Å². The molecule has 4 nitrogen and oxygen atoms in total. The molecule has 0 radical (unpaired) electrons. The van der Waals surface area contributed by atoms with Gasteiger partial charge in [-0.2, -0.15) is 0 Å². The lowest BCUT2D eigenvalue weighted by Crippen LogP contribution is -2.16. The molecule has 3 rings (SSSR count). The number of hydrogen-bond donors (Lipinski definition) is 1. The molecular weight excluding hydrogens is 178 g/mol. The first-order chi connectivity index (χ1) is 6.84. The highest BCUT2D eigenvalue weighted by molar-refractivity contribution is 5.43. The molecule has 0 bridgehead atoms. The molecule has 1 fully saturated rings. The van der Waals surface area contributed by atoms with E-state index in [0.717, 1.165) is 30.1 Å². The second-order valence-electron chi connectivity index (χ2n) is 3.97. The average Bonchev–Trinajstić information content (AvgIpc) is 3.01. The number of nitrogen functional groups attached to an aromatic ring is 1. The molecule has 2 heterocycles. The van der Waals surface area contributed by atoms with Crippen molar-refractivity contribution in [2.45, 2.75) is 31.8 Å². The lowest BCUT2D eigenvalue weighted by molar-refractivity contribution is 0.109. The zero-order chi connectivity index (χ0) is 9.54. The minimum atomic E-state index is 0.574. The van der Waals surface area contributed by atoms with E-state index in [1.807, 2.05) is 0 Å². The maximum Gasteiger partial charge on any atom is 0.134 e. The summed E-state index contributed by atoms with van der Waals surface area (Å²) >= 11 is 0. The Morgan fingerprint density at radius 3 is 2.93 bits per heavy atom. The van der Waals surface area contributed by atoms with E-state index in [-0.39, 0.29) is 0 Å². The van der Waals surface area contributed by atoms with Gasteiger partial charge in [0.2, 0.25) is 0 Å². The van der Waals surface area contributed by atoms with Gasteiger partial charge in [0.15, 0.2) is 0 Å². The summed E-state index contributed by atoms with van der Waals surface area (Å²) in [5, 5.41) is 0. The highest BCUT2D eigenvalue weighted by Crippen LogP contribution is 2.39. The van der Waals surface area contributed by atoms with Gasteiger partial charge in [-0.05, 0) is 12.8 Å². The van der Waals surface area contributed by atoms with Gasteiger partial charge < -0.3 is 10.5 Å². The van der Waals surface area contributed by atoms with Crippen LogP contribution in [-0.4, -0.2) is 16.6 Å². The minimum absolute atomic E-state index is 0.574. The van der Waals surface area contributed by atoms with Crippen LogP contribution in [0.1, 0.15) is 35.8 Å². The lowest BCUT2D eigenvalue weighted by Gasteiger charge is -2.17. The molecule has 0 aromatic carbocycles. The number of aromatic nitrogens is 2. The van der Waals surface area contributed by atoms with Crippen LogP contribution in [0.15, 0.2) is 0 Å². The van der Waals surface area contributed by atoms with Crippen LogP contribution < -0.4 is 5.73 Å². The monoisotopic (exact) mass is 191 g/mol. The second-order valence-corrected chi connectivity index (χ2v) is 3.97. The zero-order valence-corrected chi connectivity index (χ0v) is 7.99. The fourth-order valence-corrected chi connectivity index (χ4v) is 1.80. The first-order valence-electron chi connectivity index (χ1n) is 5.07. The Kier molecular flexibility index (Phi) is 1.70. The summed E-state index contributed by atoms with van der Waals surface area (Å²) in [6, 6.07) is 0. The highest BCUT2D eigenvalue weighted by atomic mass is 16.5. The Hall–Kier alpha value is -1.16. The zero-order valence-electron chi connectivity index (χ0n) is 7.99. The average molecular weight is 191 g/mol. The topological polar surface area (TPSA) is 61.0 Å². The number of hydrogen-bond acceptors (Lipinski definition) is 4. The quantitative estimate of drug-likeness (QED) is 0.719. The molecular formula is C10H13N3O. The van der Waals surface area contributed by atoms with Crippen molar-refractivity contribution in [1.82, 2.24) is 9.97 Å². The lowest BCUT2D eigenvalue weighted by atomic mass is 10.1. The molecule has 0 unspecified atom stereocenters. The normalized spacial score (nSPS) is 20.6. The molecule has 1 aliphatic carbocycles. The van der Waals surface area contributed by atoms with E-state index in [0.29, 0.717) is 18.3 Å². The molecule has 0 atom stereocenters. The van der Waals surface area contributed by atoms with E-state index < -0.39 is 0 Å². The Labute approximate surface area is 82.5 Å². The smallest absolute Gasteiger partial charge is 0.134 e. The molecule has 1 aromatic heterocycles. The van der Waals surface area contributed by atoms with E-state index in [1.165, 1.54) is 12.8 Å². The largest absolute Gasteiger partial charge is 0.383 e. The standard InChI is InChI=1S/C10H13N3O/c11-9-7-5-14-4-3-8(7)12-10(13-9)6-1-2-6/h6H,1-5H2,(H2,11,12,13). The van der Waals surface area contributed by atoms with Gasteiger partial charge >= 0.3 is 0 Å². The summed E-state index contributed by atoms with van der Waals surface area (Å²) in [7, 11) is 0. The van der Waals surface area contributed by atoms with Crippen LogP contribution in [0.4, 0.5) is 5.82 Å². The van der Waals surface area contributed by atoms with Crippen LogP contribution in [0.5, 0.6) is 0 Å². The van der Waals surface area contributed by atoms with Crippen molar-refractivity contribution in [3.8, 4) is 0 Å². The van der Waals surface area contributed by atoms with E-state index in [2.05, 4.69) is 9.97 Å². The summed E-state index contributed by atoms with van der Waals surface area (Å²) in [5.74, 6) is 2.14. The summed E-state index contributed by atoms with van der Waals surface area (Å²) in [6.07, 6.45) is 3.31. The molecule has 1 aliphatic heterocycles. The van der Waals surface area contributed by atoms with Crippen LogP contribution in [0, 0.1) is 0 Å². The summed E-state index contributed by atoms with van der Waals surface area (Å²) < 4.78 is 5.33.